The lowest BCUT2D eigenvalue weighted by Gasteiger charge is -2.47. The van der Waals surface area contributed by atoms with Crippen molar-refractivity contribution in [2.24, 2.45) is 45.3 Å². The van der Waals surface area contributed by atoms with E-state index in [1.165, 1.54) is 50.4 Å². The van der Waals surface area contributed by atoms with Gasteiger partial charge in [0.05, 0.1) is 72.7 Å². The zero-order valence-corrected chi connectivity index (χ0v) is 56.1. The van der Waals surface area contributed by atoms with Crippen LogP contribution in [-0.2, 0) is 54.1 Å². The highest BCUT2D eigenvalue weighted by Crippen LogP contribution is 2.35. The number of aromatic amines is 1. The van der Waals surface area contributed by atoms with E-state index < -0.39 is 183 Å². The standard InChI is InChI=1S/C55H84N20O21S2.ClH/c1-19-32(72-45(75-43(19)58)24(11-30(57)79)67-12-23(56)44(59)85)49(89)74-34(40(25-13-63-18-68-25)94-53-42(38(83)36(81)28(14-76)93-53)95-52-39(84)41(96-55(62)91)37(82)29(15-77)92-52)50(90)69-21(3)35(80)20(2)46(86)73-33(22(4)78)48(88)65-10-7-31-70-27(17-97-31)51-71-26(16-98-51)47(87)64-8-5-6-9-66-54(60)61;/h13,16-18,20-24,28-29,33-42,52-53,67,76-78,80-84H,5-12,14-15,56H2,1-4H3,(H2,57,79)(H2,59,85)(H2,62,91)(H,63,68)(H,64,87)(H,65,88)(H,69,90)(H,73,86)(H,74,89)(H2,58,72,75)(H4,60,61,66);1H. The van der Waals surface area contributed by atoms with E-state index in [1.54, 1.807) is 10.8 Å². The lowest BCUT2D eigenvalue weighted by molar-refractivity contribution is -0.372. The minimum atomic E-state index is -2.20. The largest absolute Gasteiger partial charge is 0.441 e. The van der Waals surface area contributed by atoms with Crippen molar-refractivity contribution < 1.29 is 103 Å². The molecule has 6 rings (SSSR count). The number of hydrogen-bond acceptors (Lipinski definition) is 32. The minimum Gasteiger partial charge on any atom is -0.441 e. The molecule has 2 fully saturated rings. The van der Waals surface area contributed by atoms with Crippen molar-refractivity contribution in [2.75, 3.05) is 45.1 Å². The molecule has 0 spiro atoms. The zero-order chi connectivity index (χ0) is 72.4. The summed E-state index contributed by atoms with van der Waals surface area (Å²) in [6.07, 6.45) is -23.9. The van der Waals surface area contributed by atoms with E-state index in [0.717, 1.165) is 12.5 Å². The third-order valence-electron chi connectivity index (χ3n) is 15.4. The number of guanidine groups is 1. The van der Waals surface area contributed by atoms with Crippen LogP contribution in [0.1, 0.15) is 95.2 Å². The fourth-order valence-electron chi connectivity index (χ4n) is 9.88. The number of carbonyl (C=O) groups is 8. The van der Waals surface area contributed by atoms with E-state index in [9.17, 15) is 74.4 Å². The Morgan fingerprint density at radius 3 is 2.08 bits per heavy atom. The third kappa shape index (κ3) is 22.2. The SMILES string of the molecule is Cc1c(N)nc(C(CC(N)=O)NCC(N)C(N)=O)nc1C(=O)NC(C(=O)NC(C)C(O)C(C)C(=O)NC(C(=O)NCCc1nc(-c2nc(C(=O)NCCCCN=C(N)N)cs2)cs1)C(C)O)C(OC1OC(CO)C(O)C(O)C1OC1OC(CO)C(O)C(OC(N)=O)C1O)c1cnc[nH]1.Cl. The van der Waals surface area contributed by atoms with Crippen LogP contribution < -0.4 is 72.0 Å². The maximum Gasteiger partial charge on any atom is 0.404 e. The molecule has 0 aliphatic carbocycles. The smallest absolute Gasteiger partial charge is 0.404 e. The van der Waals surface area contributed by atoms with Gasteiger partial charge in [-0.1, -0.05) is 6.92 Å². The Morgan fingerprint density at radius 1 is 0.768 bits per heavy atom. The first-order chi connectivity index (χ1) is 46.3. The predicted octanol–water partition coefficient (Wildman–Crippen LogP) is -8.50. The van der Waals surface area contributed by atoms with Crippen molar-refractivity contribution in [3.63, 3.8) is 0 Å². The van der Waals surface area contributed by atoms with E-state index in [1.807, 2.05) is 0 Å². The van der Waals surface area contributed by atoms with Gasteiger partial charge in [-0.05, 0) is 33.6 Å². The Kier molecular flexibility index (Phi) is 31.2. The van der Waals surface area contributed by atoms with Crippen LogP contribution in [0.25, 0.3) is 10.7 Å². The topological polar surface area (TPSA) is 691 Å². The van der Waals surface area contributed by atoms with Crippen LogP contribution in [-0.4, -0.2) is 261 Å². The molecule has 2 saturated heterocycles. The Balaban J connectivity index is 0.0000177. The number of halogens is 1. The molecule has 2 aliphatic heterocycles. The summed E-state index contributed by atoms with van der Waals surface area (Å²) in [6, 6.07) is -7.89. The van der Waals surface area contributed by atoms with Gasteiger partial charge in [-0.2, -0.15) is 0 Å². The summed E-state index contributed by atoms with van der Waals surface area (Å²) in [5.41, 5.74) is 38.6. The Morgan fingerprint density at radius 2 is 1.45 bits per heavy atom. The van der Waals surface area contributed by atoms with Gasteiger partial charge in [0.2, 0.25) is 29.5 Å². The molecule has 6 heterocycles. The molecule has 550 valence electrons. The second kappa shape index (κ2) is 37.9. The number of nitrogens with zero attached hydrogens (tertiary/aromatic N) is 6. The second-order valence-corrected chi connectivity index (χ2v) is 24.6. The number of nitrogen functional groups attached to an aromatic ring is 1. The number of aliphatic hydroxyl groups is 8. The molecule has 4 aromatic rings. The van der Waals surface area contributed by atoms with Crippen LogP contribution >= 0.6 is 35.1 Å². The van der Waals surface area contributed by atoms with E-state index >= 15 is 4.79 Å². The molecular weight excluding hydrogens is 1380 g/mol. The molecule has 99 heavy (non-hydrogen) atoms. The molecule has 29 N–H and O–H groups in total. The van der Waals surface area contributed by atoms with Crippen molar-refractivity contribution in [1.82, 2.24) is 61.8 Å². The number of thiazole rings is 2. The van der Waals surface area contributed by atoms with Gasteiger partial charge < -0.3 is 142 Å². The van der Waals surface area contributed by atoms with Gasteiger partial charge in [-0.15, -0.1) is 35.1 Å². The number of ether oxygens (including phenoxy) is 5. The number of rotatable bonds is 36. The number of aliphatic hydroxyl groups excluding tert-OH is 8. The first kappa shape index (κ1) is 81.6. The number of amides is 8. The summed E-state index contributed by atoms with van der Waals surface area (Å²) in [4.78, 5) is 135. The van der Waals surface area contributed by atoms with E-state index in [0.29, 0.717) is 41.6 Å². The van der Waals surface area contributed by atoms with Crippen LogP contribution in [0, 0.1) is 12.8 Å². The van der Waals surface area contributed by atoms with Gasteiger partial charge in [-0.3, -0.25) is 38.6 Å². The molecule has 0 bridgehead atoms. The van der Waals surface area contributed by atoms with E-state index in [4.69, 9.17) is 63.8 Å². The molecule has 41 nitrogen and oxygen atoms in total. The van der Waals surface area contributed by atoms with Gasteiger partial charge in [-0.25, -0.2) is 29.7 Å². The Hall–Kier alpha value is -8.09. The number of aliphatic imine (C=N–C) groups is 1. The fourth-order valence-corrected chi connectivity index (χ4v) is 11.5. The normalized spacial score (nSPS) is 23.4. The second-order valence-electron chi connectivity index (χ2n) is 22.8. The number of imidazole rings is 1. The van der Waals surface area contributed by atoms with Crippen molar-refractivity contribution in [3.8, 4) is 10.7 Å². The zero-order valence-electron chi connectivity index (χ0n) is 53.7. The number of carbonyl (C=O) groups excluding carboxylic acids is 8. The quantitative estimate of drug-likeness (QED) is 0.0114. The fraction of sp³-hybridized carbons (Fsp3) is 0.600. The number of nitrogens with two attached hydrogens (primary N) is 7. The molecule has 19 unspecified atom stereocenters. The van der Waals surface area contributed by atoms with Gasteiger partial charge in [0.15, 0.2) is 24.6 Å². The summed E-state index contributed by atoms with van der Waals surface area (Å²) < 4.78 is 28.7. The molecule has 44 heteroatoms. The summed E-state index contributed by atoms with van der Waals surface area (Å²) in [7, 11) is 0. The number of anilines is 1. The van der Waals surface area contributed by atoms with E-state index in [-0.39, 0.29) is 72.4 Å². The first-order valence-electron chi connectivity index (χ1n) is 30.4. The number of aromatic nitrogens is 6. The molecule has 0 saturated carbocycles. The lowest BCUT2D eigenvalue weighted by Crippen LogP contribution is -2.65. The summed E-state index contributed by atoms with van der Waals surface area (Å²) >= 11 is 2.46. The molecule has 19 atom stereocenters. The highest BCUT2D eigenvalue weighted by molar-refractivity contribution is 7.14. The van der Waals surface area contributed by atoms with Gasteiger partial charge in [0.25, 0.3) is 11.8 Å². The number of H-pyrrole nitrogens is 1. The molecule has 8 amide bonds. The monoisotopic (exact) mass is 1460 g/mol. The van der Waals surface area contributed by atoms with Crippen LogP contribution in [0.2, 0.25) is 0 Å². The molecule has 0 aromatic carbocycles. The van der Waals surface area contributed by atoms with Crippen LogP contribution in [0.5, 0.6) is 0 Å². The van der Waals surface area contributed by atoms with E-state index in [2.05, 4.69) is 66.8 Å². The average molecular weight is 1460 g/mol. The molecule has 0 radical (unpaired) electrons. The number of hydrogen-bond donors (Lipinski definition) is 22. The average Bonchev–Trinajstić information content (AvgIpc) is 1.27. The van der Waals surface area contributed by atoms with Crippen molar-refractivity contribution in [2.45, 2.75) is 163 Å². The lowest BCUT2D eigenvalue weighted by atomic mass is 9.96. The van der Waals surface area contributed by atoms with Gasteiger partial charge in [0.1, 0.15) is 94.6 Å². The molecule has 2 aliphatic rings. The minimum absolute atomic E-state index is 0. The van der Waals surface area contributed by atoms with Crippen LogP contribution in [0.3, 0.4) is 0 Å². The number of primary amides is 3. The summed E-state index contributed by atoms with van der Waals surface area (Å²) in [6.45, 7) is 3.39. The summed E-state index contributed by atoms with van der Waals surface area (Å²) in [5, 5.41) is 108. The number of nitrogens with one attached hydrogen (secondary N) is 7. The van der Waals surface area contributed by atoms with Crippen LogP contribution in [0.15, 0.2) is 28.3 Å². The van der Waals surface area contributed by atoms with Crippen molar-refractivity contribution >= 4 is 94.3 Å². The number of unbranched alkanes of at least 4 members (excludes halogenated alkanes) is 1. The highest BCUT2D eigenvalue weighted by Gasteiger charge is 2.54. The summed E-state index contributed by atoms with van der Waals surface area (Å²) in [5.74, 6) is -8.85. The van der Waals surface area contributed by atoms with Crippen molar-refractivity contribution in [3.05, 3.63) is 56.8 Å². The Labute approximate surface area is 577 Å². The van der Waals surface area contributed by atoms with Crippen LogP contribution in [0.4, 0.5) is 10.6 Å². The van der Waals surface area contributed by atoms with Gasteiger partial charge >= 0.3 is 6.09 Å². The molecular formula is C55H85ClN20O21S2. The molecule has 4 aromatic heterocycles. The van der Waals surface area contributed by atoms with Gasteiger partial charge in [0, 0.05) is 55.3 Å². The maximum absolute atomic E-state index is 15.2. The highest BCUT2D eigenvalue weighted by atomic mass is 35.5. The Bertz CT molecular complexity index is 3390. The predicted molar refractivity (Wildman–Crippen MR) is 347 cm³/mol. The third-order valence-corrected chi connectivity index (χ3v) is 17.2. The van der Waals surface area contributed by atoms with Crippen molar-refractivity contribution in [1.29, 1.82) is 0 Å². The first-order valence-corrected chi connectivity index (χ1v) is 32.1. The maximum atomic E-state index is 15.2.